The quantitative estimate of drug-likeness (QED) is 0.798. The third-order valence-corrected chi connectivity index (χ3v) is 5.19. The van der Waals surface area contributed by atoms with Gasteiger partial charge in [-0.05, 0) is 32.1 Å². The van der Waals surface area contributed by atoms with Crippen molar-refractivity contribution >= 4 is 17.2 Å². The van der Waals surface area contributed by atoms with E-state index < -0.39 is 0 Å². The number of amides is 1. The van der Waals surface area contributed by atoms with Gasteiger partial charge in [-0.2, -0.15) is 0 Å². The normalized spacial score (nSPS) is 18.7. The highest BCUT2D eigenvalue weighted by molar-refractivity contribution is 7.13. The van der Waals surface area contributed by atoms with Crippen LogP contribution in [-0.4, -0.2) is 42.1 Å². The van der Waals surface area contributed by atoms with E-state index in [-0.39, 0.29) is 5.91 Å². The van der Waals surface area contributed by atoms with Crippen LogP contribution in [0.25, 0.3) is 0 Å². The summed E-state index contributed by atoms with van der Waals surface area (Å²) in [6.45, 7) is 11.6. The highest BCUT2D eigenvalue weighted by Gasteiger charge is 2.25. The lowest BCUT2D eigenvalue weighted by molar-refractivity contribution is 0.0740. The Balaban J connectivity index is 2.15. The lowest BCUT2D eigenvalue weighted by Crippen LogP contribution is -2.34. The van der Waals surface area contributed by atoms with Crippen molar-refractivity contribution in [1.82, 2.24) is 9.88 Å². The van der Waals surface area contributed by atoms with Crippen molar-refractivity contribution in [2.75, 3.05) is 26.3 Å². The van der Waals surface area contributed by atoms with Crippen LogP contribution in [0.5, 0.6) is 0 Å². The highest BCUT2D eigenvalue weighted by Crippen LogP contribution is 2.31. The van der Waals surface area contributed by atoms with E-state index in [1.807, 2.05) is 11.8 Å². The molecule has 1 atom stereocenters. The number of aromatic nitrogens is 1. The molecule has 1 amide bonds. The zero-order valence-electron chi connectivity index (χ0n) is 14.2. The molecule has 1 aromatic rings. The number of hydrogen-bond donors (Lipinski definition) is 0. The predicted octanol–water partition coefficient (Wildman–Crippen LogP) is 3.85. The molecule has 0 aliphatic carbocycles. The van der Waals surface area contributed by atoms with Crippen LogP contribution in [0.4, 0.5) is 0 Å². The molecular weight excluding hydrogens is 296 g/mol. The SMILES string of the molecule is CCCN(CC(C)C)C(=O)c1sc(C2CCCOC2)nc1C. The van der Waals surface area contributed by atoms with Crippen molar-refractivity contribution in [1.29, 1.82) is 0 Å². The monoisotopic (exact) mass is 324 g/mol. The first-order valence-electron chi connectivity index (χ1n) is 8.37. The summed E-state index contributed by atoms with van der Waals surface area (Å²) in [4.78, 5) is 20.3. The zero-order valence-corrected chi connectivity index (χ0v) is 15.0. The van der Waals surface area contributed by atoms with Gasteiger partial charge < -0.3 is 9.64 Å². The molecule has 0 aromatic carbocycles. The summed E-state index contributed by atoms with van der Waals surface area (Å²) in [7, 11) is 0. The summed E-state index contributed by atoms with van der Waals surface area (Å²) in [5.41, 5.74) is 0.875. The van der Waals surface area contributed by atoms with Gasteiger partial charge in [-0.25, -0.2) is 4.98 Å². The first-order valence-corrected chi connectivity index (χ1v) is 9.18. The number of nitrogens with zero attached hydrogens (tertiary/aromatic N) is 2. The summed E-state index contributed by atoms with van der Waals surface area (Å²) >= 11 is 1.57. The van der Waals surface area contributed by atoms with Crippen LogP contribution >= 0.6 is 11.3 Å². The van der Waals surface area contributed by atoms with Crippen molar-refractivity contribution < 1.29 is 9.53 Å². The Labute approximate surface area is 137 Å². The predicted molar refractivity (Wildman–Crippen MR) is 90.7 cm³/mol. The molecule has 2 rings (SSSR count). The highest BCUT2D eigenvalue weighted by atomic mass is 32.1. The number of hydrogen-bond acceptors (Lipinski definition) is 4. The Morgan fingerprint density at radius 3 is 2.86 bits per heavy atom. The molecule has 0 spiro atoms. The Morgan fingerprint density at radius 2 is 2.27 bits per heavy atom. The minimum atomic E-state index is 0.147. The number of aryl methyl sites for hydroxylation is 1. The fourth-order valence-corrected chi connectivity index (χ4v) is 4.01. The summed E-state index contributed by atoms with van der Waals surface area (Å²) in [5, 5.41) is 1.07. The molecule has 1 aromatic heterocycles. The van der Waals surface area contributed by atoms with E-state index >= 15 is 0 Å². The zero-order chi connectivity index (χ0) is 16.1. The molecule has 124 valence electrons. The molecule has 2 heterocycles. The van der Waals surface area contributed by atoms with Crippen molar-refractivity contribution in [2.24, 2.45) is 5.92 Å². The molecule has 1 aliphatic heterocycles. The Morgan fingerprint density at radius 1 is 1.50 bits per heavy atom. The van der Waals surface area contributed by atoms with Gasteiger partial charge in [0.05, 0.1) is 17.3 Å². The molecular formula is C17H28N2O2S. The van der Waals surface area contributed by atoms with Gasteiger partial charge in [-0.1, -0.05) is 20.8 Å². The van der Waals surface area contributed by atoms with Crippen LogP contribution in [0.1, 0.15) is 66.3 Å². The van der Waals surface area contributed by atoms with Crippen LogP contribution in [0.15, 0.2) is 0 Å². The maximum Gasteiger partial charge on any atom is 0.265 e. The largest absolute Gasteiger partial charge is 0.381 e. The van der Waals surface area contributed by atoms with Gasteiger partial charge in [0.25, 0.3) is 5.91 Å². The lowest BCUT2D eigenvalue weighted by atomic mass is 10.0. The van der Waals surface area contributed by atoms with Gasteiger partial charge in [-0.15, -0.1) is 11.3 Å². The number of rotatable bonds is 6. The topological polar surface area (TPSA) is 42.4 Å². The van der Waals surface area contributed by atoms with E-state index in [4.69, 9.17) is 4.74 Å². The van der Waals surface area contributed by atoms with Gasteiger partial charge in [0.2, 0.25) is 0 Å². The van der Waals surface area contributed by atoms with E-state index in [1.165, 1.54) is 0 Å². The van der Waals surface area contributed by atoms with Crippen LogP contribution in [0, 0.1) is 12.8 Å². The molecule has 0 N–H and O–H groups in total. The smallest absolute Gasteiger partial charge is 0.265 e. The second-order valence-electron chi connectivity index (χ2n) is 6.53. The average Bonchev–Trinajstić information content (AvgIpc) is 2.88. The van der Waals surface area contributed by atoms with Gasteiger partial charge in [0, 0.05) is 25.6 Å². The Bertz CT molecular complexity index is 493. The summed E-state index contributed by atoms with van der Waals surface area (Å²) in [6.07, 6.45) is 3.19. The standard InChI is InChI=1S/C17H28N2O2S/c1-5-8-19(10-12(2)3)17(20)15-13(4)18-16(22-15)14-7-6-9-21-11-14/h12,14H,5-11H2,1-4H3. The second kappa shape index (κ2) is 8.06. The Kier molecular flexibility index (Phi) is 6.38. The first kappa shape index (κ1) is 17.4. The summed E-state index contributed by atoms with van der Waals surface area (Å²) in [5.74, 6) is 0.993. The average molecular weight is 324 g/mol. The molecule has 1 fully saturated rings. The number of ether oxygens (including phenoxy) is 1. The lowest BCUT2D eigenvalue weighted by Gasteiger charge is -2.23. The molecule has 0 radical (unpaired) electrons. The van der Waals surface area contributed by atoms with Crippen molar-refractivity contribution in [3.63, 3.8) is 0 Å². The minimum Gasteiger partial charge on any atom is -0.381 e. The maximum absolute atomic E-state index is 12.9. The third-order valence-electron chi connectivity index (χ3n) is 3.88. The van der Waals surface area contributed by atoms with E-state index in [0.717, 1.165) is 61.1 Å². The van der Waals surface area contributed by atoms with E-state index in [9.17, 15) is 4.79 Å². The molecule has 1 unspecified atom stereocenters. The number of carbonyl (C=O) groups excluding carboxylic acids is 1. The second-order valence-corrected chi connectivity index (χ2v) is 7.56. The van der Waals surface area contributed by atoms with E-state index in [1.54, 1.807) is 11.3 Å². The van der Waals surface area contributed by atoms with Crippen LogP contribution in [-0.2, 0) is 4.74 Å². The van der Waals surface area contributed by atoms with Gasteiger partial charge in [0.15, 0.2) is 0 Å². The Hall–Kier alpha value is -0.940. The van der Waals surface area contributed by atoms with Gasteiger partial charge in [-0.3, -0.25) is 4.79 Å². The third kappa shape index (κ3) is 4.29. The summed E-state index contributed by atoms with van der Waals surface area (Å²) < 4.78 is 5.56. The minimum absolute atomic E-state index is 0.147. The van der Waals surface area contributed by atoms with Gasteiger partial charge in [0.1, 0.15) is 4.88 Å². The maximum atomic E-state index is 12.9. The molecule has 0 saturated carbocycles. The molecule has 5 heteroatoms. The molecule has 0 bridgehead atoms. The molecule has 1 saturated heterocycles. The molecule has 4 nitrogen and oxygen atoms in total. The number of carbonyl (C=O) groups is 1. The van der Waals surface area contributed by atoms with Crippen molar-refractivity contribution in [2.45, 2.75) is 52.9 Å². The van der Waals surface area contributed by atoms with Gasteiger partial charge >= 0.3 is 0 Å². The first-order chi connectivity index (χ1) is 10.5. The fourth-order valence-electron chi connectivity index (χ4n) is 2.86. The van der Waals surface area contributed by atoms with Crippen molar-refractivity contribution in [3.05, 3.63) is 15.6 Å². The molecule has 22 heavy (non-hydrogen) atoms. The fraction of sp³-hybridized carbons (Fsp3) is 0.765. The van der Waals surface area contributed by atoms with Crippen LogP contribution in [0.2, 0.25) is 0 Å². The number of thiazole rings is 1. The molecule has 1 aliphatic rings. The van der Waals surface area contributed by atoms with Crippen LogP contribution < -0.4 is 0 Å². The van der Waals surface area contributed by atoms with E-state index in [0.29, 0.717) is 11.8 Å². The summed E-state index contributed by atoms with van der Waals surface area (Å²) in [6, 6.07) is 0. The van der Waals surface area contributed by atoms with E-state index in [2.05, 4.69) is 25.8 Å². The van der Waals surface area contributed by atoms with Crippen molar-refractivity contribution in [3.8, 4) is 0 Å². The van der Waals surface area contributed by atoms with Crippen LogP contribution in [0.3, 0.4) is 0 Å².